The molecule has 2 N–H and O–H groups in total. The Bertz CT molecular complexity index is 1360. The first-order valence-corrected chi connectivity index (χ1v) is 10.2. The molecule has 1 aliphatic heterocycles. The minimum Gasteiger partial charge on any atom is -0.466 e. The number of nitrogens with two attached hydrogens (primary N) is 1. The number of allylic oxidation sites excluding steroid dienone is 1. The Balaban J connectivity index is 2.59. The van der Waals surface area contributed by atoms with Crippen LogP contribution in [0.4, 0.5) is 17.1 Å². The number of rotatable bonds is 6. The first-order chi connectivity index (χ1) is 17.1. The molecule has 0 bridgehead atoms. The lowest BCUT2D eigenvalue weighted by molar-refractivity contribution is -0.392. The van der Waals surface area contributed by atoms with Crippen LogP contribution in [0.2, 0.25) is 0 Å². The number of hydrogen-bond donors (Lipinski definition) is 1. The molecule has 1 aliphatic rings. The third kappa shape index (κ3) is 4.18. The number of nitriles is 1. The van der Waals surface area contributed by atoms with Crippen molar-refractivity contribution in [3.8, 4) is 6.07 Å². The van der Waals surface area contributed by atoms with E-state index in [1.807, 2.05) is 6.07 Å². The van der Waals surface area contributed by atoms with Crippen LogP contribution in [0.3, 0.4) is 0 Å². The number of benzene rings is 2. The van der Waals surface area contributed by atoms with Gasteiger partial charge in [0.1, 0.15) is 11.5 Å². The molecule has 0 aliphatic carbocycles. The average Bonchev–Trinajstić information content (AvgIpc) is 2.87. The standard InChI is InChI=1S/C23H19N5O8/c1-12-9-15(27(31)32)19(16(10-12)28(33)34)26-20(23(30)36-3)18(22(29)35-2)17(14(11-24)21(26)25)13-7-5-4-6-8-13/h4-10,17H,25H2,1-3H3. The van der Waals surface area contributed by atoms with Gasteiger partial charge in [0, 0.05) is 12.1 Å². The second-order valence-electron chi connectivity index (χ2n) is 7.50. The highest BCUT2D eigenvalue weighted by Crippen LogP contribution is 2.48. The molecule has 0 radical (unpaired) electrons. The molecule has 13 heteroatoms. The second-order valence-corrected chi connectivity index (χ2v) is 7.50. The van der Waals surface area contributed by atoms with E-state index in [-0.39, 0.29) is 11.1 Å². The molecule has 0 saturated heterocycles. The van der Waals surface area contributed by atoms with Crippen molar-refractivity contribution in [3.05, 3.63) is 96.5 Å². The van der Waals surface area contributed by atoms with Gasteiger partial charge in [-0.1, -0.05) is 30.3 Å². The number of esters is 2. The molecule has 0 spiro atoms. The first kappa shape index (κ1) is 25.4. The summed E-state index contributed by atoms with van der Waals surface area (Å²) in [6.07, 6.45) is 0. The van der Waals surface area contributed by atoms with Crippen molar-refractivity contribution in [2.45, 2.75) is 12.8 Å². The molecule has 0 saturated carbocycles. The Morgan fingerprint density at radius 3 is 2.00 bits per heavy atom. The molecule has 1 heterocycles. The fraction of sp³-hybridized carbons (Fsp3) is 0.174. The zero-order valence-electron chi connectivity index (χ0n) is 19.3. The largest absolute Gasteiger partial charge is 0.466 e. The molecule has 1 atom stereocenters. The molecular weight excluding hydrogens is 474 g/mol. The Morgan fingerprint density at radius 1 is 1.03 bits per heavy atom. The summed E-state index contributed by atoms with van der Waals surface area (Å²) in [6.45, 7) is 1.41. The van der Waals surface area contributed by atoms with E-state index in [0.29, 0.717) is 10.5 Å². The lowest BCUT2D eigenvalue weighted by Crippen LogP contribution is -2.41. The maximum Gasteiger partial charge on any atom is 0.355 e. The zero-order chi connectivity index (χ0) is 26.7. The molecule has 184 valence electrons. The number of carbonyl (C=O) groups excluding carboxylic acids is 2. The Hall–Kier alpha value is -5.25. The third-order valence-electron chi connectivity index (χ3n) is 5.44. The third-order valence-corrected chi connectivity index (χ3v) is 5.44. The van der Waals surface area contributed by atoms with Gasteiger partial charge in [-0.05, 0) is 18.1 Å². The zero-order valence-corrected chi connectivity index (χ0v) is 19.3. The maximum atomic E-state index is 13.1. The van der Waals surface area contributed by atoms with Crippen LogP contribution in [0.1, 0.15) is 17.0 Å². The van der Waals surface area contributed by atoms with Crippen LogP contribution in [0.15, 0.2) is 65.1 Å². The molecule has 0 aromatic heterocycles. The number of nitro benzene ring substituents is 2. The van der Waals surface area contributed by atoms with Crippen molar-refractivity contribution in [2.75, 3.05) is 19.1 Å². The van der Waals surface area contributed by atoms with Gasteiger partial charge in [0.2, 0.25) is 5.69 Å². The van der Waals surface area contributed by atoms with Gasteiger partial charge in [0.25, 0.3) is 0 Å². The molecule has 0 fully saturated rings. The van der Waals surface area contributed by atoms with Crippen LogP contribution in [-0.4, -0.2) is 36.0 Å². The van der Waals surface area contributed by atoms with Crippen LogP contribution in [0, 0.1) is 38.5 Å². The number of aryl methyl sites for hydroxylation is 1. The quantitative estimate of drug-likeness (QED) is 0.353. The summed E-state index contributed by atoms with van der Waals surface area (Å²) in [4.78, 5) is 48.9. The van der Waals surface area contributed by atoms with Crippen LogP contribution in [0.25, 0.3) is 0 Å². The smallest absolute Gasteiger partial charge is 0.355 e. The van der Waals surface area contributed by atoms with Gasteiger partial charge >= 0.3 is 23.3 Å². The molecule has 0 amide bonds. The SMILES string of the molecule is COC(=O)C1=C(C(=O)OC)N(c2c([N+](=O)[O-])cc(C)cc2[N+](=O)[O-])C(N)=C(C#N)C1c1ccccc1. The van der Waals surface area contributed by atoms with Crippen molar-refractivity contribution in [1.82, 2.24) is 0 Å². The van der Waals surface area contributed by atoms with Gasteiger partial charge in [0.15, 0.2) is 0 Å². The number of ether oxygens (including phenoxy) is 2. The van der Waals surface area contributed by atoms with E-state index in [9.17, 15) is 35.1 Å². The number of nitro groups is 2. The van der Waals surface area contributed by atoms with E-state index in [4.69, 9.17) is 15.2 Å². The van der Waals surface area contributed by atoms with E-state index in [1.54, 1.807) is 30.3 Å². The molecule has 1 unspecified atom stereocenters. The number of anilines is 1. The molecule has 2 aromatic carbocycles. The molecule has 13 nitrogen and oxygen atoms in total. The number of hydrogen-bond acceptors (Lipinski definition) is 11. The van der Waals surface area contributed by atoms with Gasteiger partial charge in [-0.25, -0.2) is 9.59 Å². The van der Waals surface area contributed by atoms with Gasteiger partial charge in [0.05, 0.1) is 47.2 Å². The summed E-state index contributed by atoms with van der Waals surface area (Å²) in [5.41, 5.74) is 3.15. The lowest BCUT2D eigenvalue weighted by Gasteiger charge is -2.35. The molecule has 36 heavy (non-hydrogen) atoms. The van der Waals surface area contributed by atoms with Gasteiger partial charge < -0.3 is 15.2 Å². The van der Waals surface area contributed by atoms with Crippen molar-refractivity contribution >= 4 is 29.0 Å². The van der Waals surface area contributed by atoms with Crippen molar-refractivity contribution in [2.24, 2.45) is 5.73 Å². The Morgan fingerprint density at radius 2 is 1.56 bits per heavy atom. The van der Waals surface area contributed by atoms with E-state index in [1.165, 1.54) is 6.92 Å². The van der Waals surface area contributed by atoms with Crippen molar-refractivity contribution in [3.63, 3.8) is 0 Å². The van der Waals surface area contributed by atoms with Gasteiger partial charge in [-0.2, -0.15) is 5.26 Å². The van der Waals surface area contributed by atoms with Gasteiger partial charge in [-0.3, -0.25) is 25.1 Å². The summed E-state index contributed by atoms with van der Waals surface area (Å²) in [6, 6.07) is 12.0. The summed E-state index contributed by atoms with van der Waals surface area (Å²) in [5.74, 6) is -4.04. The average molecular weight is 493 g/mol. The van der Waals surface area contributed by atoms with Crippen LogP contribution in [-0.2, 0) is 19.1 Å². The highest BCUT2D eigenvalue weighted by Gasteiger charge is 2.46. The maximum absolute atomic E-state index is 13.1. The van der Waals surface area contributed by atoms with E-state index < -0.39 is 61.9 Å². The minimum atomic E-state index is -1.24. The van der Waals surface area contributed by atoms with Crippen molar-refractivity contribution < 1.29 is 28.9 Å². The van der Waals surface area contributed by atoms with Crippen LogP contribution in [0.5, 0.6) is 0 Å². The van der Waals surface area contributed by atoms with E-state index in [0.717, 1.165) is 26.4 Å². The normalized spacial score (nSPS) is 15.3. The fourth-order valence-electron chi connectivity index (χ4n) is 3.99. The first-order valence-electron chi connectivity index (χ1n) is 10.2. The summed E-state index contributed by atoms with van der Waals surface area (Å²) in [5, 5.41) is 34.0. The van der Waals surface area contributed by atoms with Crippen molar-refractivity contribution in [1.29, 1.82) is 5.26 Å². The van der Waals surface area contributed by atoms with E-state index >= 15 is 0 Å². The lowest BCUT2D eigenvalue weighted by atomic mass is 9.80. The van der Waals surface area contributed by atoms with Crippen LogP contribution >= 0.6 is 0 Å². The predicted octanol–water partition coefficient (Wildman–Crippen LogP) is 2.71. The Labute approximate surface area is 203 Å². The molecule has 2 aromatic rings. The number of methoxy groups -OCH3 is 2. The molecule has 3 rings (SSSR count). The topological polar surface area (TPSA) is 192 Å². The second kappa shape index (κ2) is 9.94. The van der Waals surface area contributed by atoms with Gasteiger partial charge in [-0.15, -0.1) is 0 Å². The number of carbonyl (C=O) groups is 2. The highest BCUT2D eigenvalue weighted by atomic mass is 16.6. The fourth-order valence-corrected chi connectivity index (χ4v) is 3.99. The summed E-state index contributed by atoms with van der Waals surface area (Å²) < 4.78 is 9.73. The number of nitrogens with zero attached hydrogens (tertiary/aromatic N) is 4. The predicted molar refractivity (Wildman–Crippen MR) is 124 cm³/mol. The Kier molecular flexibility index (Phi) is 7.00. The summed E-state index contributed by atoms with van der Waals surface area (Å²) >= 11 is 0. The monoisotopic (exact) mass is 493 g/mol. The highest BCUT2D eigenvalue weighted by molar-refractivity contribution is 6.07. The minimum absolute atomic E-state index is 0.177. The summed E-state index contributed by atoms with van der Waals surface area (Å²) in [7, 11) is 2.01. The van der Waals surface area contributed by atoms with E-state index in [2.05, 4.69) is 0 Å². The molecular formula is C23H19N5O8. The van der Waals surface area contributed by atoms with Crippen LogP contribution < -0.4 is 10.6 Å².